The first kappa shape index (κ1) is 13.0. The summed E-state index contributed by atoms with van der Waals surface area (Å²) < 4.78 is 5.21. The van der Waals surface area contributed by atoms with E-state index in [4.69, 9.17) is 15.6 Å². The molecule has 1 heterocycles. The van der Waals surface area contributed by atoms with Crippen LogP contribution in [0.15, 0.2) is 11.4 Å². The molecule has 90 valence electrons. The Bertz CT molecular complexity index is 338. The lowest BCUT2D eigenvalue weighted by molar-refractivity contribution is 0.113. The zero-order valence-corrected chi connectivity index (χ0v) is 9.78. The van der Waals surface area contributed by atoms with E-state index in [1.165, 1.54) is 18.1 Å². The Morgan fingerprint density at radius 3 is 2.94 bits per heavy atom. The van der Waals surface area contributed by atoms with Crippen LogP contribution in [0, 0.1) is 0 Å². The fraction of sp³-hybridized carbons (Fsp3) is 0.556. The van der Waals surface area contributed by atoms with Gasteiger partial charge < -0.3 is 20.7 Å². The minimum atomic E-state index is -0.782. The van der Waals surface area contributed by atoms with Gasteiger partial charge in [0.1, 0.15) is 17.0 Å². The van der Waals surface area contributed by atoms with E-state index in [-0.39, 0.29) is 6.61 Å². The highest BCUT2D eigenvalue weighted by atomic mass is 32.2. The van der Waals surface area contributed by atoms with Crippen molar-refractivity contribution in [3.63, 3.8) is 0 Å². The number of nitrogens with zero attached hydrogens (tertiary/aromatic N) is 2. The molecule has 0 spiro atoms. The topological polar surface area (TPSA) is 101 Å². The van der Waals surface area contributed by atoms with Gasteiger partial charge in [0.25, 0.3) is 0 Å². The third-order valence-electron chi connectivity index (χ3n) is 1.72. The van der Waals surface area contributed by atoms with Gasteiger partial charge in [0.2, 0.25) is 5.88 Å². The molecule has 0 radical (unpaired) electrons. The molecule has 1 rings (SSSR count). The molecule has 0 fully saturated rings. The number of hydrogen-bond donors (Lipinski definition) is 3. The molecule has 1 aromatic heterocycles. The zero-order chi connectivity index (χ0) is 12.0. The van der Waals surface area contributed by atoms with Crippen molar-refractivity contribution in [2.24, 2.45) is 0 Å². The predicted molar refractivity (Wildman–Crippen MR) is 61.4 cm³/mol. The van der Waals surface area contributed by atoms with Crippen LogP contribution in [0.25, 0.3) is 0 Å². The summed E-state index contributed by atoms with van der Waals surface area (Å²) in [6, 6.07) is 0. The van der Waals surface area contributed by atoms with Crippen LogP contribution in [0.2, 0.25) is 0 Å². The van der Waals surface area contributed by atoms with Crippen LogP contribution in [0.1, 0.15) is 6.92 Å². The molecule has 0 aliphatic rings. The number of rotatable bonds is 6. The van der Waals surface area contributed by atoms with Crippen molar-refractivity contribution in [1.29, 1.82) is 0 Å². The summed E-state index contributed by atoms with van der Waals surface area (Å²) in [7, 11) is 0. The van der Waals surface area contributed by atoms with Crippen LogP contribution >= 0.6 is 11.8 Å². The van der Waals surface area contributed by atoms with E-state index in [0.29, 0.717) is 29.0 Å². The fourth-order valence-corrected chi connectivity index (χ4v) is 1.78. The summed E-state index contributed by atoms with van der Waals surface area (Å²) in [5.74, 6) is 0.669. The Kier molecular flexibility index (Phi) is 5.30. The first-order valence-electron chi connectivity index (χ1n) is 4.84. The van der Waals surface area contributed by atoms with Crippen LogP contribution in [-0.4, -0.2) is 45.3 Å². The van der Waals surface area contributed by atoms with Gasteiger partial charge in [-0.1, -0.05) is 0 Å². The summed E-state index contributed by atoms with van der Waals surface area (Å²) in [5, 5.41) is 18.4. The minimum Gasteiger partial charge on any atom is -0.476 e. The maximum Gasteiger partial charge on any atom is 0.241 e. The molecule has 0 aliphatic heterocycles. The minimum absolute atomic E-state index is 0.281. The molecule has 16 heavy (non-hydrogen) atoms. The maximum absolute atomic E-state index is 9.20. The van der Waals surface area contributed by atoms with Crippen molar-refractivity contribution < 1.29 is 14.9 Å². The van der Waals surface area contributed by atoms with Gasteiger partial charge in [-0.25, -0.2) is 4.98 Å². The summed E-state index contributed by atoms with van der Waals surface area (Å²) in [4.78, 5) is 7.87. The third-order valence-corrected chi connectivity index (χ3v) is 2.87. The van der Waals surface area contributed by atoms with Gasteiger partial charge >= 0.3 is 0 Å². The number of aliphatic hydroxyl groups excluding tert-OH is 2. The molecule has 1 aromatic rings. The van der Waals surface area contributed by atoms with E-state index >= 15 is 0 Å². The second-order valence-corrected chi connectivity index (χ2v) is 3.99. The van der Waals surface area contributed by atoms with Crippen molar-refractivity contribution >= 4 is 17.4 Å². The lowest BCUT2D eigenvalue weighted by atomic mass is 10.4. The lowest BCUT2D eigenvalue weighted by Gasteiger charge is -2.10. The quantitative estimate of drug-likeness (QED) is 0.475. The molecule has 0 aliphatic carbocycles. The molecule has 4 N–H and O–H groups in total. The second kappa shape index (κ2) is 6.51. The van der Waals surface area contributed by atoms with Crippen LogP contribution < -0.4 is 10.5 Å². The first-order valence-corrected chi connectivity index (χ1v) is 5.82. The van der Waals surface area contributed by atoms with E-state index in [2.05, 4.69) is 9.97 Å². The lowest BCUT2D eigenvalue weighted by Crippen LogP contribution is -2.15. The van der Waals surface area contributed by atoms with Crippen LogP contribution in [0.4, 0.5) is 5.69 Å². The van der Waals surface area contributed by atoms with E-state index in [9.17, 15) is 5.11 Å². The van der Waals surface area contributed by atoms with Crippen LogP contribution in [0.5, 0.6) is 5.88 Å². The zero-order valence-electron chi connectivity index (χ0n) is 8.96. The Balaban J connectivity index is 2.69. The average Bonchev–Trinajstić information content (AvgIpc) is 2.30. The number of nitrogens with two attached hydrogens (primary N) is 1. The van der Waals surface area contributed by atoms with E-state index in [1.807, 2.05) is 6.92 Å². The largest absolute Gasteiger partial charge is 0.476 e. The Morgan fingerprint density at radius 1 is 1.56 bits per heavy atom. The molecule has 1 atom stereocenters. The number of aliphatic hydroxyl groups is 2. The number of aromatic nitrogens is 2. The summed E-state index contributed by atoms with van der Waals surface area (Å²) >= 11 is 1.25. The molecular formula is C9H15N3O3S. The van der Waals surface area contributed by atoms with Gasteiger partial charge in [-0.2, -0.15) is 4.98 Å². The van der Waals surface area contributed by atoms with Gasteiger partial charge in [-0.15, -0.1) is 11.8 Å². The smallest absolute Gasteiger partial charge is 0.241 e. The first-order chi connectivity index (χ1) is 7.69. The highest BCUT2D eigenvalue weighted by Crippen LogP contribution is 2.28. The SMILES string of the molecule is CCOc1ncnc(SCC(O)CO)c1N. The summed E-state index contributed by atoms with van der Waals surface area (Å²) in [6.45, 7) is 2.03. The molecule has 0 amide bonds. The van der Waals surface area contributed by atoms with Crippen LogP contribution in [-0.2, 0) is 0 Å². The number of nitrogen functional groups attached to an aromatic ring is 1. The Morgan fingerprint density at radius 2 is 2.31 bits per heavy atom. The molecule has 0 bridgehead atoms. The van der Waals surface area contributed by atoms with Gasteiger partial charge in [0, 0.05) is 5.75 Å². The molecule has 0 saturated heterocycles. The van der Waals surface area contributed by atoms with Crippen molar-refractivity contribution in [2.75, 3.05) is 24.7 Å². The van der Waals surface area contributed by atoms with Gasteiger partial charge in [0.05, 0.1) is 19.3 Å². The van der Waals surface area contributed by atoms with E-state index in [1.54, 1.807) is 0 Å². The van der Waals surface area contributed by atoms with Gasteiger partial charge in [-0.3, -0.25) is 0 Å². The van der Waals surface area contributed by atoms with E-state index in [0.717, 1.165) is 0 Å². The number of hydrogen-bond acceptors (Lipinski definition) is 7. The van der Waals surface area contributed by atoms with Gasteiger partial charge in [0.15, 0.2) is 0 Å². The number of ether oxygens (including phenoxy) is 1. The van der Waals surface area contributed by atoms with Crippen molar-refractivity contribution in [1.82, 2.24) is 9.97 Å². The van der Waals surface area contributed by atoms with Crippen molar-refractivity contribution in [2.45, 2.75) is 18.1 Å². The average molecular weight is 245 g/mol. The normalized spacial score (nSPS) is 12.4. The summed E-state index contributed by atoms with van der Waals surface area (Å²) in [6.07, 6.45) is 0.574. The van der Waals surface area contributed by atoms with E-state index < -0.39 is 6.10 Å². The Hall–Kier alpha value is -1.05. The second-order valence-electron chi connectivity index (χ2n) is 2.98. The maximum atomic E-state index is 9.20. The molecular weight excluding hydrogens is 230 g/mol. The molecule has 7 heteroatoms. The molecule has 0 saturated carbocycles. The number of anilines is 1. The summed E-state index contributed by atoms with van der Waals surface area (Å²) in [5.41, 5.74) is 6.14. The monoisotopic (exact) mass is 245 g/mol. The Labute approximate surface area is 97.9 Å². The highest BCUT2D eigenvalue weighted by Gasteiger charge is 2.11. The standard InChI is InChI=1S/C9H15N3O3S/c1-2-15-8-7(10)9(12-5-11-8)16-4-6(14)3-13/h5-6,13-14H,2-4,10H2,1H3. The predicted octanol–water partition coefficient (Wildman–Crippen LogP) is -0.0972. The van der Waals surface area contributed by atoms with Crippen molar-refractivity contribution in [3.05, 3.63) is 6.33 Å². The van der Waals surface area contributed by atoms with Crippen LogP contribution in [0.3, 0.4) is 0 Å². The molecule has 0 aromatic carbocycles. The van der Waals surface area contributed by atoms with Gasteiger partial charge in [-0.05, 0) is 6.92 Å². The third kappa shape index (κ3) is 3.51. The molecule has 6 nitrogen and oxygen atoms in total. The number of thioether (sulfide) groups is 1. The molecule has 1 unspecified atom stereocenters. The van der Waals surface area contributed by atoms with Crippen molar-refractivity contribution in [3.8, 4) is 5.88 Å². The fourth-order valence-electron chi connectivity index (χ4n) is 0.959. The highest BCUT2D eigenvalue weighted by molar-refractivity contribution is 7.99.